The van der Waals surface area contributed by atoms with Crippen molar-refractivity contribution < 1.29 is 18.0 Å². The molecule has 2 heterocycles. The molecule has 2 aromatic rings. The van der Waals surface area contributed by atoms with E-state index in [2.05, 4.69) is 15.0 Å². The number of hydrogen-bond acceptors (Lipinski definition) is 5. The Kier molecular flexibility index (Phi) is 6.68. The van der Waals surface area contributed by atoms with Crippen LogP contribution in [0, 0.1) is 5.92 Å². The molecule has 2 amide bonds. The van der Waals surface area contributed by atoms with E-state index >= 15 is 0 Å². The number of carbonyl (C=O) groups is 2. The van der Waals surface area contributed by atoms with Gasteiger partial charge in [-0.1, -0.05) is 25.4 Å². The Morgan fingerprint density at radius 1 is 1.23 bits per heavy atom. The molecule has 2 atom stereocenters. The summed E-state index contributed by atoms with van der Waals surface area (Å²) in [5.74, 6) is -0.655. The van der Waals surface area contributed by atoms with Crippen LogP contribution >= 0.6 is 11.6 Å². The van der Waals surface area contributed by atoms with E-state index in [-0.39, 0.29) is 28.6 Å². The van der Waals surface area contributed by atoms with Gasteiger partial charge in [0.05, 0.1) is 9.92 Å². The summed E-state index contributed by atoms with van der Waals surface area (Å²) in [5.41, 5.74) is 1.49. The van der Waals surface area contributed by atoms with Crippen molar-refractivity contribution in [3.8, 4) is 0 Å². The average molecular weight is 465 g/mol. The third-order valence-corrected chi connectivity index (χ3v) is 6.79. The Morgan fingerprint density at radius 3 is 2.52 bits per heavy atom. The van der Waals surface area contributed by atoms with Crippen LogP contribution < -0.4 is 14.9 Å². The predicted octanol–water partition coefficient (Wildman–Crippen LogP) is 2.97. The number of anilines is 2. The number of pyridine rings is 1. The van der Waals surface area contributed by atoms with Crippen LogP contribution in [-0.4, -0.2) is 37.3 Å². The second-order valence-corrected chi connectivity index (χ2v) is 10.1. The molecule has 0 spiro atoms. The van der Waals surface area contributed by atoms with Crippen molar-refractivity contribution in [2.45, 2.75) is 51.1 Å². The van der Waals surface area contributed by atoms with E-state index in [0.29, 0.717) is 17.1 Å². The van der Waals surface area contributed by atoms with Gasteiger partial charge in [-0.05, 0) is 55.2 Å². The molecule has 0 unspecified atom stereocenters. The molecule has 1 aromatic heterocycles. The zero-order valence-electron chi connectivity index (χ0n) is 17.7. The number of fused-ring (bicyclic) bond motifs is 1. The highest BCUT2D eigenvalue weighted by Crippen LogP contribution is 2.34. The lowest BCUT2D eigenvalue weighted by molar-refractivity contribution is -0.119. The maximum absolute atomic E-state index is 13.0. The number of sulfonamides is 1. The van der Waals surface area contributed by atoms with Crippen LogP contribution in [0.2, 0.25) is 5.02 Å². The number of benzene rings is 1. The number of halogens is 1. The van der Waals surface area contributed by atoms with Crippen LogP contribution in [0.1, 0.15) is 33.3 Å². The third-order valence-electron chi connectivity index (χ3n) is 5.13. The fourth-order valence-corrected chi connectivity index (χ4v) is 5.14. The second kappa shape index (κ2) is 8.94. The van der Waals surface area contributed by atoms with Crippen molar-refractivity contribution in [1.29, 1.82) is 0 Å². The average Bonchev–Trinajstić information content (AvgIpc) is 3.02. The number of rotatable bonds is 6. The van der Waals surface area contributed by atoms with E-state index in [1.165, 1.54) is 25.3 Å². The fraction of sp³-hybridized carbons (Fsp3) is 0.381. The van der Waals surface area contributed by atoms with Crippen molar-refractivity contribution in [2.75, 3.05) is 10.2 Å². The summed E-state index contributed by atoms with van der Waals surface area (Å²) >= 11 is 5.80. The van der Waals surface area contributed by atoms with Crippen LogP contribution in [-0.2, 0) is 26.0 Å². The van der Waals surface area contributed by atoms with E-state index in [9.17, 15) is 18.0 Å². The maximum atomic E-state index is 13.0. The van der Waals surface area contributed by atoms with Gasteiger partial charge in [-0.3, -0.25) is 9.59 Å². The van der Waals surface area contributed by atoms with Crippen LogP contribution in [0.25, 0.3) is 0 Å². The summed E-state index contributed by atoms with van der Waals surface area (Å²) in [6, 6.07) is 6.71. The normalized spacial score (nSPS) is 16.8. The van der Waals surface area contributed by atoms with Gasteiger partial charge in [-0.2, -0.15) is 4.72 Å². The lowest BCUT2D eigenvalue weighted by Crippen LogP contribution is -2.47. The summed E-state index contributed by atoms with van der Waals surface area (Å²) in [7, 11) is -3.98. The fourth-order valence-electron chi connectivity index (χ4n) is 3.64. The molecule has 31 heavy (non-hydrogen) atoms. The summed E-state index contributed by atoms with van der Waals surface area (Å²) in [6.07, 6.45) is 1.95. The zero-order valence-corrected chi connectivity index (χ0v) is 19.3. The van der Waals surface area contributed by atoms with Gasteiger partial charge < -0.3 is 10.2 Å². The first-order valence-electron chi connectivity index (χ1n) is 9.87. The molecule has 1 aromatic carbocycles. The van der Waals surface area contributed by atoms with Crippen LogP contribution in [0.3, 0.4) is 0 Å². The Hall–Kier alpha value is -2.49. The Labute approximate surface area is 187 Å². The van der Waals surface area contributed by atoms with E-state index in [0.717, 1.165) is 5.56 Å². The molecule has 0 bridgehead atoms. The molecule has 3 rings (SSSR count). The quantitative estimate of drug-likeness (QED) is 0.683. The molecule has 0 radical (unpaired) electrons. The lowest BCUT2D eigenvalue weighted by Gasteiger charge is -2.22. The van der Waals surface area contributed by atoms with Crippen LogP contribution in [0.15, 0.2) is 41.4 Å². The molecule has 0 fully saturated rings. The number of nitrogens with zero attached hydrogens (tertiary/aromatic N) is 2. The van der Waals surface area contributed by atoms with Gasteiger partial charge >= 0.3 is 0 Å². The van der Waals surface area contributed by atoms with Crippen molar-refractivity contribution >= 4 is 44.9 Å². The molecular weight excluding hydrogens is 440 g/mol. The monoisotopic (exact) mass is 464 g/mol. The van der Waals surface area contributed by atoms with Gasteiger partial charge in [0.2, 0.25) is 21.8 Å². The van der Waals surface area contributed by atoms with Crippen molar-refractivity contribution in [1.82, 2.24) is 9.71 Å². The van der Waals surface area contributed by atoms with E-state index < -0.39 is 22.0 Å². The highest BCUT2D eigenvalue weighted by Gasteiger charge is 2.32. The molecule has 0 aliphatic carbocycles. The first-order chi connectivity index (χ1) is 14.5. The minimum Gasteiger partial charge on any atom is -0.309 e. The molecule has 0 saturated carbocycles. The highest BCUT2D eigenvalue weighted by atomic mass is 35.5. The third kappa shape index (κ3) is 5.06. The summed E-state index contributed by atoms with van der Waals surface area (Å²) in [6.45, 7) is 6.89. The van der Waals surface area contributed by atoms with Gasteiger partial charge in [-0.15, -0.1) is 0 Å². The SMILES string of the molecule is CC(=O)N1c2ccc(S(=O)(=O)N[C@H](C(=O)Nc3ccc(Cl)cn3)C(C)C)cc2C[C@H]1C. The molecule has 0 saturated heterocycles. The molecule has 1 aliphatic rings. The number of hydrogen-bond donors (Lipinski definition) is 2. The molecule has 2 N–H and O–H groups in total. The van der Waals surface area contributed by atoms with Gasteiger partial charge in [0.25, 0.3) is 0 Å². The van der Waals surface area contributed by atoms with Crippen molar-refractivity contribution in [3.63, 3.8) is 0 Å². The summed E-state index contributed by atoms with van der Waals surface area (Å²) in [4.78, 5) is 30.4. The molecule has 1 aliphatic heterocycles. The maximum Gasteiger partial charge on any atom is 0.243 e. The van der Waals surface area contributed by atoms with Gasteiger partial charge in [0, 0.05) is 24.8 Å². The molecular formula is C21H25ClN4O4S. The smallest absolute Gasteiger partial charge is 0.243 e. The first-order valence-corrected chi connectivity index (χ1v) is 11.7. The van der Waals surface area contributed by atoms with E-state index in [1.807, 2.05) is 6.92 Å². The zero-order chi connectivity index (χ0) is 22.9. The van der Waals surface area contributed by atoms with Crippen molar-refractivity contribution in [2.24, 2.45) is 5.92 Å². The predicted molar refractivity (Wildman–Crippen MR) is 120 cm³/mol. The molecule has 166 valence electrons. The number of aromatic nitrogens is 1. The minimum atomic E-state index is -3.98. The molecule has 8 nitrogen and oxygen atoms in total. The topological polar surface area (TPSA) is 108 Å². The second-order valence-electron chi connectivity index (χ2n) is 7.93. The van der Waals surface area contributed by atoms with Crippen molar-refractivity contribution in [3.05, 3.63) is 47.1 Å². The van der Waals surface area contributed by atoms with Crippen LogP contribution in [0.4, 0.5) is 11.5 Å². The van der Waals surface area contributed by atoms with Gasteiger partial charge in [-0.25, -0.2) is 13.4 Å². The van der Waals surface area contributed by atoms with Gasteiger partial charge in [0.1, 0.15) is 11.9 Å². The number of nitrogens with one attached hydrogen (secondary N) is 2. The molecule has 10 heteroatoms. The largest absolute Gasteiger partial charge is 0.309 e. The lowest BCUT2D eigenvalue weighted by atomic mass is 10.1. The number of carbonyl (C=O) groups excluding carboxylic acids is 2. The van der Waals surface area contributed by atoms with Gasteiger partial charge in [0.15, 0.2) is 0 Å². The van der Waals surface area contributed by atoms with Crippen LogP contribution in [0.5, 0.6) is 0 Å². The summed E-state index contributed by atoms with van der Waals surface area (Å²) in [5, 5.41) is 3.03. The first kappa shape index (κ1) is 23.2. The Morgan fingerprint density at radius 2 is 1.94 bits per heavy atom. The Bertz CT molecular complexity index is 1100. The number of amides is 2. The van der Waals surface area contributed by atoms with E-state index in [4.69, 9.17) is 11.6 Å². The summed E-state index contributed by atoms with van der Waals surface area (Å²) < 4.78 is 28.6. The highest BCUT2D eigenvalue weighted by molar-refractivity contribution is 7.89. The Balaban J connectivity index is 1.82. The van der Waals surface area contributed by atoms with E-state index in [1.54, 1.807) is 36.9 Å². The minimum absolute atomic E-state index is 0.0421. The standard InChI is InChI=1S/C21H25ClN4O4S/c1-12(2)20(21(28)24-19-8-5-16(22)11-23-19)25-31(29,30)17-6-7-18-15(10-17)9-13(3)26(18)14(4)27/h5-8,10-13,20,25H,9H2,1-4H3,(H,23,24,28)/t13-,20+/m1/s1.